The van der Waals surface area contributed by atoms with Gasteiger partial charge in [-0.2, -0.15) is 0 Å². The number of hydrogen-bond donors (Lipinski definition) is 0. The second-order valence-corrected chi connectivity index (χ2v) is 11.7. The number of hydrogen-bond acceptors (Lipinski definition) is 0. The second kappa shape index (κ2) is 10.2. The summed E-state index contributed by atoms with van der Waals surface area (Å²) in [7, 11) is 0. The van der Waals surface area contributed by atoms with Crippen LogP contribution >= 0.6 is 15.9 Å². The van der Waals surface area contributed by atoms with Gasteiger partial charge in [0.15, 0.2) is 0 Å². The highest BCUT2D eigenvalue weighted by atomic mass is 79.9. The van der Waals surface area contributed by atoms with Crippen LogP contribution in [0.5, 0.6) is 0 Å². The Balaban J connectivity index is 1.23. The van der Waals surface area contributed by atoms with Gasteiger partial charge in [-0.3, -0.25) is 0 Å². The number of rotatable bonds is 4. The molecule has 1 heterocycles. The second-order valence-electron chi connectivity index (χ2n) is 10.8. The van der Waals surface area contributed by atoms with E-state index in [4.69, 9.17) is 0 Å². The van der Waals surface area contributed by atoms with Gasteiger partial charge in [0.2, 0.25) is 0 Å². The van der Waals surface area contributed by atoms with Gasteiger partial charge in [0.1, 0.15) is 0 Å². The van der Waals surface area contributed by atoms with Crippen LogP contribution in [0.3, 0.4) is 0 Å². The summed E-state index contributed by atoms with van der Waals surface area (Å²) in [4.78, 5) is 0. The third kappa shape index (κ3) is 4.32. The number of nitrogens with zero attached hydrogens (tertiary/aromatic N) is 1. The first-order valence-electron chi connectivity index (χ1n) is 14.2. The van der Waals surface area contributed by atoms with E-state index in [1.54, 1.807) is 0 Å². The highest BCUT2D eigenvalue weighted by Crippen LogP contribution is 2.37. The molecule has 0 aliphatic carbocycles. The Labute approximate surface area is 253 Å². The summed E-state index contributed by atoms with van der Waals surface area (Å²) in [6.07, 6.45) is 0. The normalized spacial score (nSPS) is 11.5. The van der Waals surface area contributed by atoms with Crippen LogP contribution in [0.2, 0.25) is 0 Å². The predicted molar refractivity (Wildman–Crippen MR) is 182 cm³/mol. The van der Waals surface area contributed by atoms with E-state index in [0.717, 1.165) is 4.47 Å². The van der Waals surface area contributed by atoms with Crippen molar-refractivity contribution in [3.8, 4) is 39.1 Å². The van der Waals surface area contributed by atoms with E-state index >= 15 is 0 Å². The standard InChI is InChI=1S/C40H26BrN/c41-35-24-33(31-18-17-29-21-28(15-16-30(29)22-31)27-9-3-1-4-10-27)23-34(25-35)32-19-20-38-37-13-7-8-14-39(37)42(40(38)26-32)36-11-5-2-6-12-36/h1-26H. The molecule has 8 aromatic rings. The van der Waals surface area contributed by atoms with E-state index < -0.39 is 0 Å². The van der Waals surface area contributed by atoms with Gasteiger partial charge >= 0.3 is 0 Å². The molecule has 2 heteroatoms. The van der Waals surface area contributed by atoms with Gasteiger partial charge in [0.25, 0.3) is 0 Å². The molecule has 0 radical (unpaired) electrons. The summed E-state index contributed by atoms with van der Waals surface area (Å²) in [6.45, 7) is 0. The smallest absolute Gasteiger partial charge is 0.0547 e. The average molecular weight is 601 g/mol. The van der Waals surface area contributed by atoms with Gasteiger partial charge in [-0.25, -0.2) is 0 Å². The Kier molecular flexibility index (Phi) is 6.01. The largest absolute Gasteiger partial charge is 0.309 e. The highest BCUT2D eigenvalue weighted by Gasteiger charge is 2.14. The van der Waals surface area contributed by atoms with Gasteiger partial charge in [-0.1, -0.05) is 119 Å². The number of halogens is 1. The fourth-order valence-electron chi connectivity index (χ4n) is 6.16. The van der Waals surface area contributed by atoms with E-state index in [2.05, 4.69) is 178 Å². The number of benzene rings is 7. The minimum Gasteiger partial charge on any atom is -0.309 e. The zero-order valence-electron chi connectivity index (χ0n) is 22.8. The molecule has 0 aliphatic heterocycles. The zero-order chi connectivity index (χ0) is 28.0. The Morgan fingerprint density at radius 2 is 0.905 bits per heavy atom. The maximum atomic E-state index is 3.82. The van der Waals surface area contributed by atoms with Crippen LogP contribution in [-0.4, -0.2) is 4.57 Å². The van der Waals surface area contributed by atoms with E-state index in [9.17, 15) is 0 Å². The maximum absolute atomic E-state index is 3.82. The molecule has 0 unspecified atom stereocenters. The lowest BCUT2D eigenvalue weighted by Gasteiger charge is -2.11. The van der Waals surface area contributed by atoms with Crippen molar-refractivity contribution in [3.63, 3.8) is 0 Å². The fraction of sp³-hybridized carbons (Fsp3) is 0. The van der Waals surface area contributed by atoms with Gasteiger partial charge in [0.05, 0.1) is 11.0 Å². The van der Waals surface area contributed by atoms with Crippen molar-refractivity contribution in [3.05, 3.63) is 162 Å². The molecule has 0 bridgehead atoms. The third-order valence-corrected chi connectivity index (χ3v) is 8.66. The topological polar surface area (TPSA) is 4.93 Å². The molecule has 1 nitrogen and oxygen atoms in total. The molecule has 0 amide bonds. The highest BCUT2D eigenvalue weighted by molar-refractivity contribution is 9.10. The molecule has 0 saturated heterocycles. The van der Waals surface area contributed by atoms with Gasteiger partial charge in [-0.05, 0) is 98.8 Å². The molecule has 1 aromatic heterocycles. The summed E-state index contributed by atoms with van der Waals surface area (Å²) in [6, 6.07) is 57.0. The average Bonchev–Trinajstić information content (AvgIpc) is 3.38. The lowest BCUT2D eigenvalue weighted by Crippen LogP contribution is -1.93. The summed E-state index contributed by atoms with van der Waals surface area (Å²) in [5, 5.41) is 5.01. The van der Waals surface area contributed by atoms with Crippen LogP contribution in [0, 0.1) is 0 Å². The number of para-hydroxylation sites is 2. The molecule has 8 rings (SSSR count). The lowest BCUT2D eigenvalue weighted by molar-refractivity contribution is 1.18. The molecule has 0 fully saturated rings. The first kappa shape index (κ1) is 24.8. The van der Waals surface area contributed by atoms with Crippen molar-refractivity contribution in [2.45, 2.75) is 0 Å². The quantitative estimate of drug-likeness (QED) is 0.189. The van der Waals surface area contributed by atoms with Crippen molar-refractivity contribution in [2.75, 3.05) is 0 Å². The first-order chi connectivity index (χ1) is 20.7. The number of aromatic nitrogens is 1. The van der Waals surface area contributed by atoms with E-state index in [-0.39, 0.29) is 0 Å². The summed E-state index contributed by atoms with van der Waals surface area (Å²) in [5.74, 6) is 0. The molecular formula is C40H26BrN. The zero-order valence-corrected chi connectivity index (χ0v) is 24.4. The van der Waals surface area contributed by atoms with Gasteiger partial charge in [0, 0.05) is 20.9 Å². The Hall–Kier alpha value is -4.92. The number of fused-ring (bicyclic) bond motifs is 4. The molecule has 0 spiro atoms. The third-order valence-electron chi connectivity index (χ3n) is 8.20. The molecule has 7 aromatic carbocycles. The SMILES string of the molecule is Brc1cc(-c2ccc3cc(-c4ccccc4)ccc3c2)cc(-c2ccc3c4ccccc4n(-c4ccccc4)c3c2)c1. The van der Waals surface area contributed by atoms with Crippen molar-refractivity contribution in [1.29, 1.82) is 0 Å². The molecule has 42 heavy (non-hydrogen) atoms. The van der Waals surface area contributed by atoms with Crippen molar-refractivity contribution < 1.29 is 0 Å². The van der Waals surface area contributed by atoms with Crippen LogP contribution < -0.4 is 0 Å². The Morgan fingerprint density at radius 1 is 0.357 bits per heavy atom. The maximum Gasteiger partial charge on any atom is 0.0547 e. The minimum absolute atomic E-state index is 1.07. The first-order valence-corrected chi connectivity index (χ1v) is 15.0. The van der Waals surface area contributed by atoms with Crippen molar-refractivity contribution in [1.82, 2.24) is 4.57 Å². The molecular weight excluding hydrogens is 574 g/mol. The van der Waals surface area contributed by atoms with Crippen molar-refractivity contribution in [2.24, 2.45) is 0 Å². The van der Waals surface area contributed by atoms with Crippen LogP contribution in [0.15, 0.2) is 162 Å². The Bertz CT molecular complexity index is 2240. The molecule has 198 valence electrons. The lowest BCUT2D eigenvalue weighted by atomic mass is 9.95. The van der Waals surface area contributed by atoms with Gasteiger partial charge < -0.3 is 4.57 Å². The minimum atomic E-state index is 1.07. The Morgan fingerprint density at radius 3 is 1.62 bits per heavy atom. The van der Waals surface area contributed by atoms with E-state index in [0.29, 0.717) is 0 Å². The van der Waals surface area contributed by atoms with Gasteiger partial charge in [-0.15, -0.1) is 0 Å². The van der Waals surface area contributed by atoms with E-state index in [1.165, 1.54) is 71.6 Å². The monoisotopic (exact) mass is 599 g/mol. The van der Waals surface area contributed by atoms with Crippen molar-refractivity contribution >= 4 is 48.5 Å². The van der Waals surface area contributed by atoms with E-state index in [1.807, 2.05) is 0 Å². The molecule has 0 N–H and O–H groups in total. The van der Waals surface area contributed by atoms with Crippen LogP contribution in [0.4, 0.5) is 0 Å². The van der Waals surface area contributed by atoms with Crippen LogP contribution in [0.25, 0.3) is 71.6 Å². The fourth-order valence-corrected chi connectivity index (χ4v) is 6.66. The molecule has 0 saturated carbocycles. The summed E-state index contributed by atoms with van der Waals surface area (Å²) >= 11 is 3.82. The summed E-state index contributed by atoms with van der Waals surface area (Å²) < 4.78 is 3.44. The molecule has 0 atom stereocenters. The summed E-state index contributed by atoms with van der Waals surface area (Å²) in [5.41, 5.74) is 10.9. The molecule has 0 aliphatic rings. The van der Waals surface area contributed by atoms with Crippen LogP contribution in [0.1, 0.15) is 0 Å². The predicted octanol–water partition coefficient (Wildman–Crippen LogP) is 11.7. The van der Waals surface area contributed by atoms with Crippen LogP contribution in [-0.2, 0) is 0 Å².